The fourth-order valence-electron chi connectivity index (χ4n) is 4.42. The van der Waals surface area contributed by atoms with Gasteiger partial charge in [-0.1, -0.05) is 6.08 Å². The van der Waals surface area contributed by atoms with Gasteiger partial charge in [0, 0.05) is 37.8 Å². The molecule has 0 atom stereocenters. The number of aromatic nitrogens is 1. The van der Waals surface area contributed by atoms with E-state index in [1.165, 1.54) is 12.1 Å². The van der Waals surface area contributed by atoms with Gasteiger partial charge in [-0.2, -0.15) is 0 Å². The molecule has 0 bridgehead atoms. The van der Waals surface area contributed by atoms with Crippen LogP contribution in [0.3, 0.4) is 0 Å². The molecular formula is C24H28FN3O2. The van der Waals surface area contributed by atoms with Gasteiger partial charge in [-0.25, -0.2) is 4.39 Å². The highest BCUT2D eigenvalue weighted by Crippen LogP contribution is 2.23. The maximum Gasteiger partial charge on any atom is 0.256 e. The van der Waals surface area contributed by atoms with Crippen molar-refractivity contribution in [2.24, 2.45) is 13.0 Å². The molecule has 2 aliphatic rings. The van der Waals surface area contributed by atoms with Crippen molar-refractivity contribution in [1.82, 2.24) is 14.4 Å². The summed E-state index contributed by atoms with van der Waals surface area (Å²) in [6.07, 6.45) is 8.57. The zero-order chi connectivity index (χ0) is 21.1. The van der Waals surface area contributed by atoms with Gasteiger partial charge in [-0.05, 0) is 75.3 Å². The smallest absolute Gasteiger partial charge is 0.256 e. The number of nitrogens with zero attached hydrogens (tertiary/aromatic N) is 3. The quantitative estimate of drug-likeness (QED) is 0.685. The SMILES string of the molecule is Cn1ccc2c1C=CCN(CCCN1CCC(C(=O)c3ccc(F)cc3)CC1)C2=O. The Labute approximate surface area is 176 Å². The summed E-state index contributed by atoms with van der Waals surface area (Å²) in [5.74, 6) is -0.0850. The van der Waals surface area contributed by atoms with Gasteiger partial charge in [0.15, 0.2) is 5.78 Å². The van der Waals surface area contributed by atoms with Crippen LogP contribution in [0, 0.1) is 11.7 Å². The molecule has 2 aromatic rings. The third-order valence-corrected chi connectivity index (χ3v) is 6.23. The molecule has 158 valence electrons. The Balaban J connectivity index is 1.23. The first kappa shape index (κ1) is 20.5. The topological polar surface area (TPSA) is 45.5 Å². The Morgan fingerprint density at radius 2 is 1.83 bits per heavy atom. The fraction of sp³-hybridized carbons (Fsp3) is 0.417. The van der Waals surface area contributed by atoms with E-state index in [2.05, 4.69) is 11.0 Å². The van der Waals surface area contributed by atoms with E-state index in [0.717, 1.165) is 56.7 Å². The number of fused-ring (bicyclic) bond motifs is 1. The molecule has 5 nitrogen and oxygen atoms in total. The Hall–Kier alpha value is -2.73. The van der Waals surface area contributed by atoms with E-state index < -0.39 is 0 Å². The number of benzene rings is 1. The first-order valence-electron chi connectivity index (χ1n) is 10.7. The minimum absolute atomic E-state index is 0.0144. The average molecular weight is 410 g/mol. The molecule has 4 rings (SSSR count). The monoisotopic (exact) mass is 409 g/mol. The molecule has 1 aromatic heterocycles. The van der Waals surface area contributed by atoms with Crippen LogP contribution in [0.15, 0.2) is 42.6 Å². The molecule has 0 radical (unpaired) electrons. The molecule has 6 heteroatoms. The Bertz CT molecular complexity index is 940. The largest absolute Gasteiger partial charge is 0.350 e. The third kappa shape index (κ3) is 4.38. The van der Waals surface area contributed by atoms with Crippen LogP contribution in [0.25, 0.3) is 6.08 Å². The van der Waals surface area contributed by atoms with E-state index in [1.807, 2.05) is 34.9 Å². The summed E-state index contributed by atoms with van der Waals surface area (Å²) in [7, 11) is 1.95. The predicted molar refractivity (Wildman–Crippen MR) is 115 cm³/mol. The summed E-state index contributed by atoms with van der Waals surface area (Å²) in [4.78, 5) is 29.7. The maximum atomic E-state index is 13.1. The maximum absolute atomic E-state index is 13.1. The number of piperidine rings is 1. The van der Waals surface area contributed by atoms with Gasteiger partial charge in [0.05, 0.1) is 11.3 Å². The second-order valence-corrected chi connectivity index (χ2v) is 8.22. The molecule has 1 fully saturated rings. The lowest BCUT2D eigenvalue weighted by molar-refractivity contribution is 0.0753. The summed E-state index contributed by atoms with van der Waals surface area (Å²) in [5.41, 5.74) is 2.34. The second kappa shape index (κ2) is 8.96. The van der Waals surface area contributed by atoms with E-state index in [1.54, 1.807) is 12.1 Å². The minimum Gasteiger partial charge on any atom is -0.350 e. The fourth-order valence-corrected chi connectivity index (χ4v) is 4.42. The number of hydrogen-bond donors (Lipinski definition) is 0. The number of likely N-dealkylation sites (tertiary alicyclic amines) is 1. The summed E-state index contributed by atoms with van der Waals surface area (Å²) in [6.45, 7) is 4.06. The number of amides is 1. The molecule has 0 spiro atoms. The zero-order valence-corrected chi connectivity index (χ0v) is 17.4. The highest BCUT2D eigenvalue weighted by atomic mass is 19.1. The van der Waals surface area contributed by atoms with E-state index in [9.17, 15) is 14.0 Å². The summed E-state index contributed by atoms with van der Waals surface area (Å²) >= 11 is 0. The number of hydrogen-bond acceptors (Lipinski definition) is 3. The molecule has 2 aliphatic heterocycles. The first-order valence-corrected chi connectivity index (χ1v) is 10.7. The summed E-state index contributed by atoms with van der Waals surface area (Å²) in [5, 5.41) is 0. The number of rotatable bonds is 6. The molecule has 0 aliphatic carbocycles. The van der Waals surface area contributed by atoms with Crippen LogP contribution in [0.1, 0.15) is 45.7 Å². The zero-order valence-electron chi connectivity index (χ0n) is 17.4. The van der Waals surface area contributed by atoms with Crippen LogP contribution in [0.5, 0.6) is 0 Å². The lowest BCUT2D eigenvalue weighted by Crippen LogP contribution is -2.39. The lowest BCUT2D eigenvalue weighted by atomic mass is 9.89. The van der Waals surface area contributed by atoms with E-state index in [-0.39, 0.29) is 23.4 Å². The van der Waals surface area contributed by atoms with Crippen molar-refractivity contribution in [1.29, 1.82) is 0 Å². The van der Waals surface area contributed by atoms with E-state index in [4.69, 9.17) is 0 Å². The molecule has 0 N–H and O–H groups in total. The molecule has 1 aromatic carbocycles. The van der Waals surface area contributed by atoms with Crippen LogP contribution in [0.4, 0.5) is 4.39 Å². The molecule has 0 unspecified atom stereocenters. The second-order valence-electron chi connectivity index (χ2n) is 8.22. The minimum atomic E-state index is -0.316. The highest BCUT2D eigenvalue weighted by molar-refractivity contribution is 5.98. The van der Waals surface area contributed by atoms with Crippen LogP contribution < -0.4 is 0 Å². The standard InChI is InChI=1S/C24H28FN3O2/c1-26-15-11-21-22(26)4-2-13-28(24(21)30)14-3-12-27-16-9-19(10-17-27)23(29)18-5-7-20(25)8-6-18/h2,4-8,11,15,19H,3,9-10,12-14,16-17H2,1H3. The van der Waals surface area contributed by atoms with Crippen molar-refractivity contribution in [2.75, 3.05) is 32.7 Å². The first-order chi connectivity index (χ1) is 14.5. The number of aryl methyl sites for hydroxylation is 1. The normalized spacial score (nSPS) is 17.8. The van der Waals surface area contributed by atoms with Gasteiger partial charge in [-0.3, -0.25) is 9.59 Å². The van der Waals surface area contributed by atoms with Crippen molar-refractivity contribution in [3.05, 3.63) is 65.2 Å². The van der Waals surface area contributed by atoms with Crippen LogP contribution in [0.2, 0.25) is 0 Å². The molecule has 0 saturated carbocycles. The van der Waals surface area contributed by atoms with Gasteiger partial charge in [0.1, 0.15) is 5.82 Å². The number of ketones is 1. The van der Waals surface area contributed by atoms with E-state index >= 15 is 0 Å². The summed E-state index contributed by atoms with van der Waals surface area (Å²) < 4.78 is 15.0. The van der Waals surface area contributed by atoms with Gasteiger partial charge in [0.25, 0.3) is 5.91 Å². The van der Waals surface area contributed by atoms with Crippen molar-refractivity contribution in [3.63, 3.8) is 0 Å². The number of carbonyl (C=O) groups excluding carboxylic acids is 2. The van der Waals surface area contributed by atoms with Crippen LogP contribution in [-0.2, 0) is 7.05 Å². The number of Topliss-reactive ketones (excluding diaryl/α,β-unsaturated/α-hetero) is 1. The van der Waals surface area contributed by atoms with Crippen molar-refractivity contribution in [2.45, 2.75) is 19.3 Å². The Morgan fingerprint density at radius 3 is 2.57 bits per heavy atom. The van der Waals surface area contributed by atoms with Gasteiger partial charge < -0.3 is 14.4 Å². The Morgan fingerprint density at radius 1 is 1.10 bits per heavy atom. The third-order valence-electron chi connectivity index (χ3n) is 6.23. The van der Waals surface area contributed by atoms with Crippen molar-refractivity contribution >= 4 is 17.8 Å². The van der Waals surface area contributed by atoms with Gasteiger partial charge in [0.2, 0.25) is 0 Å². The molecule has 1 saturated heterocycles. The molecule has 3 heterocycles. The van der Waals surface area contributed by atoms with Gasteiger partial charge in [-0.15, -0.1) is 0 Å². The van der Waals surface area contributed by atoms with Crippen LogP contribution in [-0.4, -0.2) is 58.8 Å². The van der Waals surface area contributed by atoms with Crippen molar-refractivity contribution < 1.29 is 14.0 Å². The number of carbonyl (C=O) groups is 2. The van der Waals surface area contributed by atoms with Gasteiger partial charge >= 0.3 is 0 Å². The summed E-state index contributed by atoms with van der Waals surface area (Å²) in [6, 6.07) is 7.74. The van der Waals surface area contributed by atoms with Crippen LogP contribution >= 0.6 is 0 Å². The van der Waals surface area contributed by atoms with Crippen molar-refractivity contribution in [3.8, 4) is 0 Å². The Kier molecular flexibility index (Phi) is 6.13. The number of halogens is 1. The van der Waals surface area contributed by atoms with E-state index in [0.29, 0.717) is 12.1 Å². The average Bonchev–Trinajstić information content (AvgIpc) is 3.04. The molecule has 1 amide bonds. The predicted octanol–water partition coefficient (Wildman–Crippen LogP) is 3.62. The molecule has 30 heavy (non-hydrogen) atoms. The lowest BCUT2D eigenvalue weighted by Gasteiger charge is -2.32. The highest BCUT2D eigenvalue weighted by Gasteiger charge is 2.26. The molecular weight excluding hydrogens is 381 g/mol.